The Bertz CT molecular complexity index is 1020. The van der Waals surface area contributed by atoms with Crippen molar-refractivity contribution in [2.75, 3.05) is 19.6 Å². The summed E-state index contributed by atoms with van der Waals surface area (Å²) in [5.41, 5.74) is 1.08. The molecule has 0 bridgehead atoms. The number of amides is 1. The monoisotopic (exact) mass is 490 g/mol. The number of β-amino-alcohol motifs (C(OH)–C–C–N with tert-alkyl or cyclic N) is 1. The molecule has 5 heteroatoms. The molecule has 36 heavy (non-hydrogen) atoms. The number of aromatic hydroxyl groups is 1. The number of unbranched alkanes of at least 4 members (excludes halogenated alkanes) is 2. The number of carbonyl (C=O) groups excluding carboxylic acids is 1. The summed E-state index contributed by atoms with van der Waals surface area (Å²) < 4.78 is 0. The lowest BCUT2D eigenvalue weighted by atomic mass is 9.55. The second kappa shape index (κ2) is 10.9. The van der Waals surface area contributed by atoms with Crippen molar-refractivity contribution in [2.24, 2.45) is 5.92 Å². The van der Waals surface area contributed by atoms with Gasteiger partial charge in [-0.05, 0) is 93.5 Å². The molecule has 0 unspecified atom stereocenters. The van der Waals surface area contributed by atoms with E-state index >= 15 is 0 Å². The molecular weight excluding hydrogens is 448 g/mol. The van der Waals surface area contributed by atoms with Crippen LogP contribution in [0, 0.1) is 5.92 Å². The first-order chi connectivity index (χ1) is 17.5. The fourth-order valence-electron chi connectivity index (χ4n) is 6.74. The Morgan fingerprint density at radius 3 is 2.61 bits per heavy atom. The standard InChI is InChI=1S/C31H42N2O3/c34-28-12-7-11-26(20-28)30-18-19-33(22-25-14-15-25)23-31(30,36)17-16-27(21-30)32-29(35)13-6-2-5-10-24-8-3-1-4-9-24/h1,3-4,7-9,11-12,20,25,27,34,36H,2,5-6,10,13-19,21-23H2,(H,32,35)/t27-,30-,31-/m0/s1. The topological polar surface area (TPSA) is 72.8 Å². The predicted molar refractivity (Wildman–Crippen MR) is 143 cm³/mol. The summed E-state index contributed by atoms with van der Waals surface area (Å²) in [5, 5.41) is 25.7. The number of nitrogens with one attached hydrogen (secondary N) is 1. The van der Waals surface area contributed by atoms with E-state index in [4.69, 9.17) is 0 Å². The summed E-state index contributed by atoms with van der Waals surface area (Å²) in [4.78, 5) is 15.3. The smallest absolute Gasteiger partial charge is 0.220 e. The quantitative estimate of drug-likeness (QED) is 0.412. The third-order valence-corrected chi connectivity index (χ3v) is 8.92. The molecule has 5 rings (SSSR count). The van der Waals surface area contributed by atoms with Gasteiger partial charge in [0.1, 0.15) is 5.75 Å². The summed E-state index contributed by atoms with van der Waals surface area (Å²) in [5.74, 6) is 1.17. The van der Waals surface area contributed by atoms with Crippen molar-refractivity contribution in [3.63, 3.8) is 0 Å². The van der Waals surface area contributed by atoms with Crippen LogP contribution in [0.25, 0.3) is 0 Å². The van der Waals surface area contributed by atoms with Crippen LogP contribution in [0.4, 0.5) is 0 Å². The van der Waals surface area contributed by atoms with Crippen molar-refractivity contribution < 1.29 is 15.0 Å². The summed E-state index contributed by atoms with van der Waals surface area (Å²) in [6.07, 6.45) is 10.4. The van der Waals surface area contributed by atoms with Gasteiger partial charge in [0.25, 0.3) is 0 Å². The van der Waals surface area contributed by atoms with Crippen LogP contribution in [0.1, 0.15) is 75.3 Å². The van der Waals surface area contributed by atoms with Gasteiger partial charge in [-0.15, -0.1) is 0 Å². The van der Waals surface area contributed by atoms with E-state index < -0.39 is 11.0 Å². The van der Waals surface area contributed by atoms with Crippen LogP contribution in [0.5, 0.6) is 5.75 Å². The van der Waals surface area contributed by atoms with E-state index in [1.807, 2.05) is 18.2 Å². The zero-order chi connectivity index (χ0) is 25.0. The number of likely N-dealkylation sites (tertiary alicyclic amines) is 1. The average molecular weight is 491 g/mol. The maximum absolute atomic E-state index is 12.8. The lowest BCUT2D eigenvalue weighted by Gasteiger charge is -2.58. The minimum Gasteiger partial charge on any atom is -0.508 e. The fraction of sp³-hybridized carbons (Fsp3) is 0.581. The molecule has 2 saturated carbocycles. The van der Waals surface area contributed by atoms with Crippen LogP contribution >= 0.6 is 0 Å². The normalized spacial score (nSPS) is 28.4. The molecule has 1 amide bonds. The molecular formula is C31H42N2O3. The zero-order valence-electron chi connectivity index (χ0n) is 21.5. The Kier molecular flexibility index (Phi) is 7.68. The fourth-order valence-corrected chi connectivity index (χ4v) is 6.74. The first-order valence-corrected chi connectivity index (χ1v) is 14.0. The lowest BCUT2D eigenvalue weighted by Crippen LogP contribution is -2.67. The SMILES string of the molecule is O=C(CCCCCc1ccccc1)N[C@H]1CC[C@]2(O)CN(CC3CC3)CC[C@@]2(c2cccc(O)c2)C1. The number of hydrogen-bond donors (Lipinski definition) is 3. The Hall–Kier alpha value is -2.37. The second-order valence-corrected chi connectivity index (χ2v) is 11.6. The van der Waals surface area contributed by atoms with Crippen molar-refractivity contribution in [3.05, 3.63) is 65.7 Å². The molecule has 194 valence electrons. The van der Waals surface area contributed by atoms with Gasteiger partial charge < -0.3 is 20.4 Å². The average Bonchev–Trinajstić information content (AvgIpc) is 3.69. The molecule has 0 radical (unpaired) electrons. The molecule has 1 aliphatic heterocycles. The van der Waals surface area contributed by atoms with Gasteiger partial charge in [0.15, 0.2) is 0 Å². The minimum absolute atomic E-state index is 0.0550. The van der Waals surface area contributed by atoms with Gasteiger partial charge in [-0.3, -0.25) is 4.79 Å². The molecule has 2 aliphatic carbocycles. The lowest BCUT2D eigenvalue weighted by molar-refractivity contribution is -0.134. The molecule has 1 saturated heterocycles. The van der Waals surface area contributed by atoms with Crippen LogP contribution < -0.4 is 5.32 Å². The van der Waals surface area contributed by atoms with Gasteiger partial charge in [0, 0.05) is 31.0 Å². The van der Waals surface area contributed by atoms with Gasteiger partial charge in [0.05, 0.1) is 5.60 Å². The zero-order valence-corrected chi connectivity index (χ0v) is 21.5. The third kappa shape index (κ3) is 5.78. The van der Waals surface area contributed by atoms with Crippen LogP contribution in [0.2, 0.25) is 0 Å². The van der Waals surface area contributed by atoms with Crippen LogP contribution in [0.3, 0.4) is 0 Å². The number of phenols is 1. The summed E-state index contributed by atoms with van der Waals surface area (Å²) in [6, 6.07) is 18.0. The van der Waals surface area contributed by atoms with Crippen molar-refractivity contribution in [2.45, 2.75) is 87.7 Å². The van der Waals surface area contributed by atoms with E-state index in [2.05, 4.69) is 40.5 Å². The number of rotatable bonds is 10. The number of carbonyl (C=O) groups is 1. The highest BCUT2D eigenvalue weighted by Crippen LogP contribution is 2.52. The number of fused-ring (bicyclic) bond motifs is 1. The van der Waals surface area contributed by atoms with Crippen LogP contribution in [-0.2, 0) is 16.6 Å². The number of aryl methyl sites for hydroxylation is 1. The van der Waals surface area contributed by atoms with Gasteiger partial charge in [0.2, 0.25) is 5.91 Å². The number of phenolic OH excluding ortho intramolecular Hbond substituents is 1. The van der Waals surface area contributed by atoms with Crippen molar-refractivity contribution in [1.29, 1.82) is 0 Å². The largest absolute Gasteiger partial charge is 0.508 e. The molecule has 3 aliphatic rings. The number of piperidine rings is 1. The Morgan fingerprint density at radius 2 is 1.83 bits per heavy atom. The third-order valence-electron chi connectivity index (χ3n) is 8.92. The van der Waals surface area contributed by atoms with Gasteiger partial charge in [-0.2, -0.15) is 0 Å². The van der Waals surface area contributed by atoms with E-state index in [1.54, 1.807) is 6.07 Å². The number of benzene rings is 2. The van der Waals surface area contributed by atoms with Gasteiger partial charge in [-0.25, -0.2) is 0 Å². The maximum atomic E-state index is 12.8. The summed E-state index contributed by atoms with van der Waals surface area (Å²) in [6.45, 7) is 2.72. The first kappa shape index (κ1) is 25.3. The molecule has 3 atom stereocenters. The van der Waals surface area contributed by atoms with Gasteiger partial charge in [-0.1, -0.05) is 48.9 Å². The highest BCUT2D eigenvalue weighted by molar-refractivity contribution is 5.76. The molecule has 0 aromatic heterocycles. The molecule has 2 aromatic rings. The van der Waals surface area contributed by atoms with Crippen molar-refractivity contribution in [1.82, 2.24) is 10.2 Å². The Morgan fingerprint density at radius 1 is 1.00 bits per heavy atom. The number of aliphatic hydroxyl groups is 1. The Balaban J connectivity index is 1.19. The van der Waals surface area contributed by atoms with E-state index in [1.165, 1.54) is 18.4 Å². The van der Waals surface area contributed by atoms with E-state index in [0.29, 0.717) is 19.4 Å². The van der Waals surface area contributed by atoms with E-state index in [0.717, 1.165) is 69.5 Å². The predicted octanol–water partition coefficient (Wildman–Crippen LogP) is 4.95. The van der Waals surface area contributed by atoms with E-state index in [-0.39, 0.29) is 17.7 Å². The van der Waals surface area contributed by atoms with Gasteiger partial charge >= 0.3 is 0 Å². The second-order valence-electron chi connectivity index (χ2n) is 11.6. The Labute approximate surface area is 215 Å². The summed E-state index contributed by atoms with van der Waals surface area (Å²) in [7, 11) is 0. The first-order valence-electron chi connectivity index (χ1n) is 14.0. The molecule has 3 N–H and O–H groups in total. The van der Waals surface area contributed by atoms with E-state index in [9.17, 15) is 15.0 Å². The molecule has 0 spiro atoms. The highest BCUT2D eigenvalue weighted by Gasteiger charge is 2.57. The van der Waals surface area contributed by atoms with Crippen molar-refractivity contribution in [3.8, 4) is 5.75 Å². The molecule has 2 aromatic carbocycles. The highest BCUT2D eigenvalue weighted by atomic mass is 16.3. The minimum atomic E-state index is -0.841. The van der Waals surface area contributed by atoms with Crippen LogP contribution in [0.15, 0.2) is 54.6 Å². The maximum Gasteiger partial charge on any atom is 0.220 e. The molecule has 1 heterocycles. The number of hydrogen-bond acceptors (Lipinski definition) is 4. The van der Waals surface area contributed by atoms with Crippen molar-refractivity contribution >= 4 is 5.91 Å². The summed E-state index contributed by atoms with van der Waals surface area (Å²) >= 11 is 0. The molecule has 5 nitrogen and oxygen atoms in total. The number of nitrogens with zero attached hydrogens (tertiary/aromatic N) is 1. The van der Waals surface area contributed by atoms with Crippen LogP contribution in [-0.4, -0.2) is 52.3 Å². The molecule has 3 fully saturated rings.